The molecule has 2 saturated carbocycles. The van der Waals surface area contributed by atoms with E-state index in [0.29, 0.717) is 43.8 Å². The van der Waals surface area contributed by atoms with Gasteiger partial charge in [-0.3, -0.25) is 19.1 Å². The van der Waals surface area contributed by atoms with Crippen LogP contribution in [0.5, 0.6) is 0 Å². The molecule has 278 valence electrons. The number of hydrogen-bond donors (Lipinski definition) is 4. The highest BCUT2D eigenvalue weighted by Crippen LogP contribution is 2.46. The van der Waals surface area contributed by atoms with E-state index in [4.69, 9.17) is 17.0 Å². The van der Waals surface area contributed by atoms with Crippen LogP contribution in [0.15, 0.2) is 36.4 Å². The van der Waals surface area contributed by atoms with Gasteiger partial charge in [0.05, 0.1) is 5.25 Å². The highest BCUT2D eigenvalue weighted by Gasteiger charge is 2.62. The van der Waals surface area contributed by atoms with Crippen molar-refractivity contribution in [2.45, 2.75) is 126 Å². The van der Waals surface area contributed by atoms with Gasteiger partial charge in [0.25, 0.3) is 5.91 Å². The molecule has 3 fully saturated rings. The van der Waals surface area contributed by atoms with Crippen molar-refractivity contribution in [1.82, 2.24) is 30.5 Å². The van der Waals surface area contributed by atoms with Crippen LogP contribution in [-0.4, -0.2) is 94.7 Å². The summed E-state index contributed by atoms with van der Waals surface area (Å²) < 4.78 is 33.3. The molecule has 4 amide bonds. The van der Waals surface area contributed by atoms with E-state index in [1.807, 2.05) is 24.3 Å². The van der Waals surface area contributed by atoms with E-state index in [0.717, 1.165) is 25.8 Å². The summed E-state index contributed by atoms with van der Waals surface area (Å²) in [4.78, 5) is 58.8. The van der Waals surface area contributed by atoms with Crippen molar-refractivity contribution in [2.24, 2.45) is 5.92 Å². The quantitative estimate of drug-likeness (QED) is 0.261. The fourth-order valence-electron chi connectivity index (χ4n) is 7.29. The van der Waals surface area contributed by atoms with Gasteiger partial charge in [0.1, 0.15) is 23.2 Å². The first-order valence-corrected chi connectivity index (χ1v) is 20.1. The molecule has 5 atom stereocenters. The molecule has 6 rings (SSSR count). The van der Waals surface area contributed by atoms with Gasteiger partial charge in [0.15, 0.2) is 5.11 Å². The number of rotatable bonds is 5. The van der Waals surface area contributed by atoms with E-state index in [-0.39, 0.29) is 19.4 Å². The Morgan fingerprint density at radius 3 is 2.51 bits per heavy atom. The number of hydrogen-bond acceptors (Lipinski definition) is 8. The molecule has 4 N–H and O–H groups in total. The Balaban J connectivity index is 1.25. The maximum Gasteiger partial charge on any atom is 0.408 e. The molecule has 2 aliphatic carbocycles. The normalized spacial score (nSPS) is 29.2. The highest BCUT2D eigenvalue weighted by atomic mass is 32.2. The fraction of sp³-hybridized carbons (Fsp3) is 0.639. The van der Waals surface area contributed by atoms with Crippen molar-refractivity contribution in [2.75, 3.05) is 13.1 Å². The van der Waals surface area contributed by atoms with Crippen molar-refractivity contribution in [1.29, 1.82) is 0 Å². The summed E-state index contributed by atoms with van der Waals surface area (Å²) >= 11 is 5.84. The molecule has 1 aromatic rings. The van der Waals surface area contributed by atoms with Crippen molar-refractivity contribution >= 4 is 51.2 Å². The molecule has 3 aliphatic heterocycles. The SMILES string of the molecule is CC(C)(C)OC(=O)N[C@H]1CCCCC/C=C\[C@@H]2C[C@@]2(C(=O)NS(=O)(=O)C2CC2)NC(=O)[C@@H]2C[C@@H](NC(=S)N3CCc4ccccc4C3)CN2C1=O. The first kappa shape index (κ1) is 37.1. The number of nitrogens with one attached hydrogen (secondary N) is 4. The number of carbonyl (C=O) groups excluding carboxylic acids is 4. The summed E-state index contributed by atoms with van der Waals surface area (Å²) in [6, 6.07) is 5.87. The zero-order chi connectivity index (χ0) is 36.6. The molecule has 0 aromatic heterocycles. The zero-order valence-electron chi connectivity index (χ0n) is 29.6. The number of alkyl carbamates (subject to hydrolysis) is 1. The largest absolute Gasteiger partial charge is 0.444 e. The highest BCUT2D eigenvalue weighted by molar-refractivity contribution is 7.91. The Bertz CT molecular complexity index is 1690. The molecule has 13 nitrogen and oxygen atoms in total. The van der Waals surface area contributed by atoms with Crippen LogP contribution in [0.25, 0.3) is 0 Å². The minimum Gasteiger partial charge on any atom is -0.444 e. The number of carbonyl (C=O) groups is 4. The van der Waals surface area contributed by atoms with Gasteiger partial charge in [-0.25, -0.2) is 13.2 Å². The predicted molar refractivity (Wildman–Crippen MR) is 195 cm³/mol. The first-order valence-electron chi connectivity index (χ1n) is 18.1. The molecule has 0 radical (unpaired) electrons. The molecule has 15 heteroatoms. The molecule has 1 aromatic carbocycles. The second-order valence-corrected chi connectivity index (χ2v) is 17.9. The average Bonchev–Trinajstić information content (AvgIpc) is 3.99. The van der Waals surface area contributed by atoms with Gasteiger partial charge in [-0.2, -0.15) is 0 Å². The van der Waals surface area contributed by atoms with Gasteiger partial charge in [-0.05, 0) is 95.5 Å². The number of amides is 4. The molecular weight excluding hydrogens is 693 g/mol. The van der Waals surface area contributed by atoms with E-state index in [1.165, 1.54) is 16.0 Å². The maximum atomic E-state index is 14.4. The van der Waals surface area contributed by atoms with Crippen molar-refractivity contribution < 1.29 is 32.3 Å². The van der Waals surface area contributed by atoms with Gasteiger partial charge in [0.2, 0.25) is 21.8 Å². The van der Waals surface area contributed by atoms with E-state index >= 15 is 0 Å². The summed E-state index contributed by atoms with van der Waals surface area (Å²) in [5.74, 6) is -2.15. The van der Waals surface area contributed by atoms with Gasteiger partial charge < -0.3 is 30.5 Å². The third kappa shape index (κ3) is 8.85. The smallest absolute Gasteiger partial charge is 0.408 e. The summed E-state index contributed by atoms with van der Waals surface area (Å²) in [5, 5.41) is 8.97. The summed E-state index contributed by atoms with van der Waals surface area (Å²) in [5.41, 5.74) is 0.237. The number of benzene rings is 1. The molecule has 3 heterocycles. The minimum absolute atomic E-state index is 0.132. The molecule has 0 unspecified atom stereocenters. The third-order valence-corrected chi connectivity index (χ3v) is 12.5. The number of thiocarbonyl (C=S) groups is 1. The minimum atomic E-state index is -3.86. The van der Waals surface area contributed by atoms with E-state index in [9.17, 15) is 27.6 Å². The molecule has 0 bridgehead atoms. The zero-order valence-corrected chi connectivity index (χ0v) is 31.2. The Hall–Kier alpha value is -3.72. The monoisotopic (exact) mass is 742 g/mol. The van der Waals surface area contributed by atoms with Crippen LogP contribution >= 0.6 is 12.2 Å². The van der Waals surface area contributed by atoms with Crippen molar-refractivity contribution in [3.05, 3.63) is 47.5 Å². The molecule has 0 spiro atoms. The Kier molecular flexibility index (Phi) is 10.7. The van der Waals surface area contributed by atoms with E-state index < -0.39 is 74.3 Å². The molecule has 5 aliphatic rings. The lowest BCUT2D eigenvalue weighted by molar-refractivity contribution is -0.141. The van der Waals surface area contributed by atoms with E-state index in [2.05, 4.69) is 37.7 Å². The number of sulfonamides is 1. The summed E-state index contributed by atoms with van der Waals surface area (Å²) in [6.07, 6.45) is 8.70. The molecular formula is C36H50N6O7S2. The lowest BCUT2D eigenvalue weighted by Crippen LogP contribution is -2.58. The second kappa shape index (κ2) is 14.7. The van der Waals surface area contributed by atoms with Crippen LogP contribution < -0.4 is 20.7 Å². The van der Waals surface area contributed by atoms with Gasteiger partial charge >= 0.3 is 6.09 Å². The first-order chi connectivity index (χ1) is 24.1. The fourth-order valence-corrected chi connectivity index (χ4v) is 8.98. The van der Waals surface area contributed by atoms with Crippen LogP contribution in [0, 0.1) is 5.92 Å². The van der Waals surface area contributed by atoms with Crippen LogP contribution in [-0.2, 0) is 42.1 Å². The van der Waals surface area contributed by atoms with Gasteiger partial charge in [-0.1, -0.05) is 49.3 Å². The van der Waals surface area contributed by atoms with Gasteiger partial charge in [-0.15, -0.1) is 0 Å². The van der Waals surface area contributed by atoms with Gasteiger partial charge in [0, 0.05) is 31.6 Å². The molecule has 51 heavy (non-hydrogen) atoms. The van der Waals surface area contributed by atoms with Crippen LogP contribution in [0.1, 0.15) is 89.7 Å². The van der Waals surface area contributed by atoms with Crippen LogP contribution in [0.2, 0.25) is 0 Å². The summed E-state index contributed by atoms with van der Waals surface area (Å²) in [7, 11) is -3.86. The number of ether oxygens (including phenoxy) is 1. The number of nitrogens with zero attached hydrogens (tertiary/aromatic N) is 2. The van der Waals surface area contributed by atoms with E-state index in [1.54, 1.807) is 20.8 Å². The van der Waals surface area contributed by atoms with Crippen LogP contribution in [0.3, 0.4) is 0 Å². The number of allylic oxidation sites excluding steroid dienone is 1. The average molecular weight is 743 g/mol. The second-order valence-electron chi connectivity index (χ2n) is 15.5. The maximum absolute atomic E-state index is 14.4. The van der Waals surface area contributed by atoms with Crippen LogP contribution in [0.4, 0.5) is 4.79 Å². The standard InChI is InChI=1S/C36H50N6O7S2/c1-35(2,3)49-34(46)38-28-14-8-6-4-5-7-13-25-20-36(25,32(45)40-51(47,48)27-15-16-27)39-30(43)29-19-26(22-42(29)31(28)44)37-33(50)41-18-17-23-11-9-10-12-24(23)21-41/h7,9-13,25-29H,4-6,8,14-22H2,1-3H3,(H,37,50)(H,38,46)(H,39,43)(H,40,45)/b13-7-/t25-,26-,28+,29+,36-/m1/s1. The lowest BCUT2D eigenvalue weighted by atomic mass is 10.0. The lowest BCUT2D eigenvalue weighted by Gasteiger charge is -2.32. The Morgan fingerprint density at radius 1 is 1.04 bits per heavy atom. The topological polar surface area (TPSA) is 166 Å². The number of fused-ring (bicyclic) bond motifs is 3. The van der Waals surface area contributed by atoms with Crippen molar-refractivity contribution in [3.63, 3.8) is 0 Å². The summed E-state index contributed by atoms with van der Waals surface area (Å²) in [6.45, 7) is 6.72. The van der Waals surface area contributed by atoms with Crippen molar-refractivity contribution in [3.8, 4) is 0 Å². The molecule has 1 saturated heterocycles. The third-order valence-electron chi connectivity index (χ3n) is 10.3. The Morgan fingerprint density at radius 2 is 1.78 bits per heavy atom. The predicted octanol–water partition coefficient (Wildman–Crippen LogP) is 2.79. The Labute approximate surface area is 305 Å².